The molecule has 1 aromatic carbocycles. The van der Waals surface area contributed by atoms with Crippen molar-refractivity contribution in [2.45, 2.75) is 45.4 Å². The Balaban J connectivity index is 1.46. The van der Waals surface area contributed by atoms with Crippen LogP contribution in [-0.4, -0.2) is 48.6 Å². The van der Waals surface area contributed by atoms with Crippen molar-refractivity contribution in [2.75, 3.05) is 25.0 Å². The zero-order chi connectivity index (χ0) is 17.8. The Bertz CT molecular complexity index is 620. The van der Waals surface area contributed by atoms with Crippen LogP contribution >= 0.6 is 0 Å². The van der Waals surface area contributed by atoms with Crippen molar-refractivity contribution in [3.05, 3.63) is 29.8 Å². The second-order valence-corrected chi connectivity index (χ2v) is 7.19. The zero-order valence-corrected chi connectivity index (χ0v) is 15.0. The number of nitrogens with zero attached hydrogens (tertiary/aromatic N) is 1. The summed E-state index contributed by atoms with van der Waals surface area (Å²) < 4.78 is 5.69. The summed E-state index contributed by atoms with van der Waals surface area (Å²) in [4.78, 5) is 26.2. The molecule has 1 aromatic rings. The Morgan fingerprint density at radius 3 is 2.60 bits per heavy atom. The second kappa shape index (κ2) is 7.97. The molecule has 0 bridgehead atoms. The van der Waals surface area contributed by atoms with Gasteiger partial charge in [0.25, 0.3) is 0 Å². The predicted molar refractivity (Wildman–Crippen MR) is 96.1 cm³/mol. The van der Waals surface area contributed by atoms with Crippen LogP contribution in [0.3, 0.4) is 0 Å². The van der Waals surface area contributed by atoms with Crippen LogP contribution in [0.4, 0.5) is 5.69 Å². The highest BCUT2D eigenvalue weighted by molar-refractivity contribution is 5.94. The van der Waals surface area contributed by atoms with Gasteiger partial charge in [-0.05, 0) is 44.4 Å². The lowest BCUT2D eigenvalue weighted by atomic mass is 10.2. The van der Waals surface area contributed by atoms with E-state index in [1.165, 1.54) is 0 Å². The number of hydrogen-bond donors (Lipinski definition) is 2. The van der Waals surface area contributed by atoms with E-state index in [0.717, 1.165) is 37.2 Å². The lowest BCUT2D eigenvalue weighted by Gasteiger charge is -2.34. The minimum atomic E-state index is 0.00807. The van der Waals surface area contributed by atoms with Crippen LogP contribution < -0.4 is 10.6 Å². The molecule has 25 heavy (non-hydrogen) atoms. The van der Waals surface area contributed by atoms with Gasteiger partial charge in [-0.1, -0.05) is 12.1 Å². The third-order valence-corrected chi connectivity index (χ3v) is 4.49. The van der Waals surface area contributed by atoms with Gasteiger partial charge < -0.3 is 15.4 Å². The van der Waals surface area contributed by atoms with Gasteiger partial charge in [0.1, 0.15) is 0 Å². The second-order valence-electron chi connectivity index (χ2n) is 7.19. The normalized spacial score (nSPS) is 23.9. The van der Waals surface area contributed by atoms with Crippen molar-refractivity contribution < 1.29 is 14.3 Å². The van der Waals surface area contributed by atoms with Crippen LogP contribution in [-0.2, 0) is 20.9 Å². The third-order valence-electron chi connectivity index (χ3n) is 4.49. The summed E-state index contributed by atoms with van der Waals surface area (Å²) >= 11 is 0. The molecule has 1 heterocycles. The molecule has 2 aliphatic rings. The van der Waals surface area contributed by atoms with Gasteiger partial charge in [-0.25, -0.2) is 0 Å². The molecule has 1 aliphatic heterocycles. The Kier molecular flexibility index (Phi) is 5.71. The van der Waals surface area contributed by atoms with Crippen molar-refractivity contribution in [3.8, 4) is 0 Å². The van der Waals surface area contributed by atoms with Crippen molar-refractivity contribution in [1.82, 2.24) is 10.2 Å². The lowest BCUT2D eigenvalue weighted by molar-refractivity contribution is -0.126. The van der Waals surface area contributed by atoms with E-state index in [0.29, 0.717) is 13.1 Å². The number of nitrogens with one attached hydrogen (secondary N) is 2. The Hall–Kier alpha value is -1.92. The fraction of sp³-hybridized carbons (Fsp3) is 0.579. The molecule has 136 valence electrons. The van der Waals surface area contributed by atoms with E-state index < -0.39 is 0 Å². The first-order chi connectivity index (χ1) is 12.0. The summed E-state index contributed by atoms with van der Waals surface area (Å²) in [5, 5.41) is 5.89. The molecule has 6 nitrogen and oxygen atoms in total. The van der Waals surface area contributed by atoms with Crippen LogP contribution in [0.25, 0.3) is 0 Å². The molecule has 2 atom stereocenters. The number of ether oxygens (including phenoxy) is 1. The van der Waals surface area contributed by atoms with E-state index in [1.54, 1.807) is 0 Å². The van der Waals surface area contributed by atoms with Crippen molar-refractivity contribution >= 4 is 17.5 Å². The number of benzene rings is 1. The smallest absolute Gasteiger partial charge is 0.234 e. The molecule has 0 aromatic heterocycles. The van der Waals surface area contributed by atoms with Gasteiger partial charge in [-0.15, -0.1) is 0 Å². The third kappa shape index (κ3) is 5.54. The molecule has 1 saturated heterocycles. The molecule has 2 amide bonds. The van der Waals surface area contributed by atoms with E-state index in [2.05, 4.69) is 15.5 Å². The summed E-state index contributed by atoms with van der Waals surface area (Å²) in [6.07, 6.45) is 2.28. The Morgan fingerprint density at radius 1 is 1.20 bits per heavy atom. The van der Waals surface area contributed by atoms with Gasteiger partial charge in [0.2, 0.25) is 11.8 Å². The average Bonchev–Trinajstić information content (AvgIpc) is 3.37. The van der Waals surface area contributed by atoms with Crippen LogP contribution in [0, 0.1) is 5.92 Å². The van der Waals surface area contributed by atoms with E-state index >= 15 is 0 Å². The van der Waals surface area contributed by atoms with E-state index in [1.807, 2.05) is 38.1 Å². The molecule has 1 saturated carbocycles. The molecule has 1 aliphatic carbocycles. The fourth-order valence-electron chi connectivity index (χ4n) is 3.22. The standard InChI is InChI=1S/C19H27N3O3/c1-13-10-22(11-14(2)25-13)12-18(23)20-9-15-4-3-5-17(8-15)21-19(24)16-6-7-16/h3-5,8,13-14,16H,6-7,9-12H2,1-2H3,(H,20,23)(H,21,24)/t13-,14-/m1/s1. The zero-order valence-electron chi connectivity index (χ0n) is 15.0. The van der Waals surface area contributed by atoms with Gasteiger partial charge in [0, 0.05) is 31.2 Å². The Morgan fingerprint density at radius 2 is 1.92 bits per heavy atom. The number of morpholine rings is 1. The summed E-state index contributed by atoms with van der Waals surface area (Å²) in [7, 11) is 0. The average molecular weight is 345 g/mol. The monoisotopic (exact) mass is 345 g/mol. The first kappa shape index (κ1) is 17.9. The van der Waals surface area contributed by atoms with Crippen LogP contribution in [0.2, 0.25) is 0 Å². The highest BCUT2D eigenvalue weighted by Gasteiger charge is 2.29. The summed E-state index contributed by atoms with van der Waals surface area (Å²) in [6, 6.07) is 7.64. The minimum absolute atomic E-state index is 0.00807. The number of carbonyl (C=O) groups is 2. The molecule has 2 fully saturated rings. The molecule has 0 unspecified atom stereocenters. The molecule has 3 rings (SSSR count). The maximum Gasteiger partial charge on any atom is 0.234 e. The molecular formula is C19H27N3O3. The van der Waals surface area contributed by atoms with Crippen molar-refractivity contribution in [3.63, 3.8) is 0 Å². The van der Waals surface area contributed by atoms with E-state index in [4.69, 9.17) is 4.74 Å². The maximum atomic E-state index is 12.2. The predicted octanol–water partition coefficient (Wildman–Crippen LogP) is 1.76. The lowest BCUT2D eigenvalue weighted by Crippen LogP contribution is -2.49. The topological polar surface area (TPSA) is 70.7 Å². The highest BCUT2D eigenvalue weighted by Crippen LogP contribution is 2.30. The molecule has 2 N–H and O–H groups in total. The highest BCUT2D eigenvalue weighted by atomic mass is 16.5. The number of anilines is 1. The molecule has 0 radical (unpaired) electrons. The van der Waals surface area contributed by atoms with Crippen LogP contribution in [0.15, 0.2) is 24.3 Å². The molecule has 6 heteroatoms. The summed E-state index contributed by atoms with van der Waals surface area (Å²) in [5.74, 6) is 0.284. The largest absolute Gasteiger partial charge is 0.373 e. The Labute approximate surface area is 148 Å². The molecular weight excluding hydrogens is 318 g/mol. The van der Waals surface area contributed by atoms with Gasteiger partial charge >= 0.3 is 0 Å². The first-order valence-corrected chi connectivity index (χ1v) is 9.04. The van der Waals surface area contributed by atoms with Gasteiger partial charge in [0.15, 0.2) is 0 Å². The minimum Gasteiger partial charge on any atom is -0.373 e. The first-order valence-electron chi connectivity index (χ1n) is 9.04. The number of hydrogen-bond acceptors (Lipinski definition) is 4. The summed E-state index contributed by atoms with van der Waals surface area (Å²) in [6.45, 7) is 6.46. The van der Waals surface area contributed by atoms with E-state index in [9.17, 15) is 9.59 Å². The quantitative estimate of drug-likeness (QED) is 0.824. The number of rotatable bonds is 6. The van der Waals surface area contributed by atoms with Crippen LogP contribution in [0.1, 0.15) is 32.3 Å². The molecule has 0 spiro atoms. The van der Waals surface area contributed by atoms with Gasteiger partial charge in [0.05, 0.1) is 18.8 Å². The fourth-order valence-corrected chi connectivity index (χ4v) is 3.22. The number of carbonyl (C=O) groups excluding carboxylic acids is 2. The maximum absolute atomic E-state index is 12.2. The van der Waals surface area contributed by atoms with Crippen molar-refractivity contribution in [1.29, 1.82) is 0 Å². The number of amides is 2. The SMILES string of the molecule is C[C@@H]1CN(CC(=O)NCc2cccc(NC(=O)C3CC3)c2)C[C@@H](C)O1. The summed E-state index contributed by atoms with van der Waals surface area (Å²) in [5.41, 5.74) is 1.77. The van der Waals surface area contributed by atoms with Gasteiger partial charge in [-0.2, -0.15) is 0 Å². The van der Waals surface area contributed by atoms with Gasteiger partial charge in [-0.3, -0.25) is 14.5 Å². The van der Waals surface area contributed by atoms with E-state index in [-0.39, 0.29) is 29.9 Å². The van der Waals surface area contributed by atoms with Crippen molar-refractivity contribution in [2.24, 2.45) is 5.92 Å². The van der Waals surface area contributed by atoms with Crippen LogP contribution in [0.5, 0.6) is 0 Å².